The highest BCUT2D eigenvalue weighted by Gasteiger charge is 2.38. The first kappa shape index (κ1) is 85.9. The van der Waals surface area contributed by atoms with Crippen LogP contribution in [0.1, 0.15) is 270 Å². The van der Waals surface area contributed by atoms with Crippen LogP contribution in [0.3, 0.4) is 0 Å². The van der Waals surface area contributed by atoms with Crippen molar-refractivity contribution in [1.29, 1.82) is 0 Å². The average molecular weight is 1670 g/mol. The molecular formula is C100H114N8O15. The van der Waals surface area contributed by atoms with Crippen LogP contribution in [0.2, 0.25) is 0 Å². The molecule has 8 aromatic carbocycles. The van der Waals surface area contributed by atoms with E-state index in [1.165, 1.54) is 77.0 Å². The Morgan fingerprint density at radius 3 is 0.829 bits per heavy atom. The minimum absolute atomic E-state index is 0.00189. The van der Waals surface area contributed by atoms with Gasteiger partial charge in [0, 0.05) is 115 Å². The number of phenols is 2. The maximum absolute atomic E-state index is 12.9. The van der Waals surface area contributed by atoms with E-state index in [9.17, 15) is 43.8 Å². The average Bonchev–Trinajstić information content (AvgIpc) is 1.68. The predicted molar refractivity (Wildman–Crippen MR) is 472 cm³/mol. The van der Waals surface area contributed by atoms with E-state index < -0.39 is 17.7 Å². The van der Waals surface area contributed by atoms with Crippen LogP contribution in [-0.2, 0) is 19.2 Å². The summed E-state index contributed by atoms with van der Waals surface area (Å²) >= 11 is 0. The normalized spacial score (nSPS) is 20.9. The van der Waals surface area contributed by atoms with Gasteiger partial charge in [0.05, 0.1) is 43.2 Å². The lowest BCUT2D eigenvalue weighted by Crippen LogP contribution is -2.25. The predicted octanol–water partition coefficient (Wildman–Crippen LogP) is 18.8. The number of primary amides is 3. The number of aromatic hydroxyl groups is 2. The number of benzene rings is 8. The third-order valence-corrected chi connectivity index (χ3v) is 26.0. The first-order valence-corrected chi connectivity index (χ1v) is 44.6. The van der Waals surface area contributed by atoms with Crippen LogP contribution in [0, 0.1) is 6.57 Å². The van der Waals surface area contributed by atoms with E-state index in [1.807, 2.05) is 54.6 Å². The zero-order valence-electron chi connectivity index (χ0n) is 70.2. The lowest BCUT2D eigenvalue weighted by atomic mass is 9.97. The van der Waals surface area contributed by atoms with Gasteiger partial charge in [-0.2, -0.15) is 0 Å². The summed E-state index contributed by atoms with van der Waals surface area (Å²) < 4.78 is 37.7. The summed E-state index contributed by atoms with van der Waals surface area (Å²) in [6, 6.07) is 51.1. The molecule has 0 radical (unpaired) electrons. The number of rotatable bonds is 23. The van der Waals surface area contributed by atoms with Crippen LogP contribution in [0.4, 0.5) is 28.4 Å². The van der Waals surface area contributed by atoms with Crippen molar-refractivity contribution in [3.63, 3.8) is 0 Å². The molecule has 4 saturated heterocycles. The van der Waals surface area contributed by atoms with Gasteiger partial charge in [0.25, 0.3) is 0 Å². The molecule has 0 aromatic heterocycles. The summed E-state index contributed by atoms with van der Waals surface area (Å²) in [6.07, 6.45) is 32.7. The molecule has 10 aliphatic rings. The number of carbonyl (C=O) groups is 7. The third-order valence-electron chi connectivity index (χ3n) is 26.0. The Morgan fingerprint density at radius 2 is 0.545 bits per heavy atom. The molecule has 8 aromatic rings. The van der Waals surface area contributed by atoms with Gasteiger partial charge in [0.15, 0.2) is 51.7 Å². The van der Waals surface area contributed by atoms with Crippen LogP contribution in [-0.4, -0.2) is 114 Å². The second kappa shape index (κ2) is 40.3. The summed E-state index contributed by atoms with van der Waals surface area (Å²) in [5, 5.41) is 20.3. The Bertz CT molecular complexity index is 5140. The molecule has 23 nitrogen and oxygen atoms in total. The maximum Gasteiger partial charge on any atom is 0.248 e. The molecule has 4 aliphatic heterocycles. The van der Waals surface area contributed by atoms with Gasteiger partial charge in [-0.1, -0.05) is 67.4 Å². The number of carbonyl (C=O) groups excluding carboxylic acids is 7. The van der Waals surface area contributed by atoms with Crippen molar-refractivity contribution in [2.75, 3.05) is 45.8 Å². The summed E-state index contributed by atoms with van der Waals surface area (Å²) in [7, 11) is 0. The number of anilines is 4. The number of nitrogens with two attached hydrogens (primary N) is 3. The smallest absolute Gasteiger partial charge is 0.248 e. The maximum atomic E-state index is 12.9. The van der Waals surface area contributed by atoms with Crippen molar-refractivity contribution < 1.29 is 72.2 Å². The van der Waals surface area contributed by atoms with E-state index in [4.69, 9.17) is 52.2 Å². The Morgan fingerprint density at radius 1 is 0.301 bits per heavy atom. The van der Waals surface area contributed by atoms with Crippen LogP contribution >= 0.6 is 0 Å². The topological polar surface area (TPSA) is 311 Å². The van der Waals surface area contributed by atoms with E-state index in [0.717, 1.165) is 141 Å². The first-order chi connectivity index (χ1) is 59.8. The van der Waals surface area contributed by atoms with Crippen LogP contribution < -0.4 is 65.2 Å². The number of phenolic OH excluding ortho intramolecular Hbond substituents is 2. The van der Waals surface area contributed by atoms with Crippen molar-refractivity contribution in [2.24, 2.45) is 17.2 Å². The highest BCUT2D eigenvalue weighted by molar-refractivity contribution is 6.02. The van der Waals surface area contributed by atoms with Gasteiger partial charge in [-0.05, 0) is 292 Å². The van der Waals surface area contributed by atoms with Gasteiger partial charge in [0.2, 0.25) is 41.4 Å². The number of nitrogens with zero attached hydrogens (tertiary/aromatic N) is 5. The van der Waals surface area contributed by atoms with Gasteiger partial charge in [-0.25, -0.2) is 4.85 Å². The Kier molecular flexibility index (Phi) is 28.1. The van der Waals surface area contributed by atoms with Gasteiger partial charge >= 0.3 is 0 Å². The van der Waals surface area contributed by atoms with Crippen LogP contribution in [0.25, 0.3) is 4.85 Å². The summed E-state index contributed by atoms with van der Waals surface area (Å²) in [6.45, 7) is 9.35. The molecule has 23 heteroatoms. The Hall–Kier alpha value is -12.1. The molecule has 123 heavy (non-hydrogen) atoms. The molecule has 10 fully saturated rings. The van der Waals surface area contributed by atoms with E-state index in [0.29, 0.717) is 103 Å². The van der Waals surface area contributed by atoms with Gasteiger partial charge in [0.1, 0.15) is 0 Å². The fourth-order valence-corrected chi connectivity index (χ4v) is 19.1. The minimum Gasteiger partial charge on any atom is -0.504 e. The second-order valence-corrected chi connectivity index (χ2v) is 34.7. The van der Waals surface area contributed by atoms with Crippen molar-refractivity contribution in [2.45, 2.75) is 253 Å². The quantitative estimate of drug-likeness (QED) is 0.0294. The monoisotopic (exact) mass is 1670 g/mol. The van der Waals surface area contributed by atoms with Gasteiger partial charge in [-0.3, -0.25) is 33.6 Å². The fraction of sp³-hybridized carbons (Fsp3) is 0.440. The number of hydrogen-bond acceptors (Lipinski definition) is 15. The molecule has 4 atom stereocenters. The molecule has 7 amide bonds. The van der Waals surface area contributed by atoms with Crippen molar-refractivity contribution in [3.8, 4) is 46.0 Å². The molecular weight excluding hydrogens is 1550 g/mol. The standard InChI is InChI=1S/C29H36N2O4.C27H32N2O4.C22H24N2O4.C22H22N2O3/c30-29(33)21-8-7-9-23(16-21)31-19-22(18-28(31)32)20-14-15-26(34-24-10-3-1-2-4-11-24)27(17-20)35-25-12-5-6-13-25;28-27(31)19-6-5-7-21(14-19)29-17-20(16-26(29)30)18-12-13-24(32-22-8-1-2-9-22)25(15-18)33-23-10-3-4-11-23;23-22(27)15-4-3-5-17(10-15)24-13-16(12-21(24)26)14-8-9-19(25)20(11-14)28-18-6-1-2-7-18;1-23-17-5-4-6-18(13-17)24-14-16(12-22(24)26)15-9-10-20(25)21(11-15)27-19-7-2-3-8-19/h7-9,14-17,22,24-25H,1-6,10-13,18-19H2,(H2,30,33);5-7,12-15,20,22-23H,1-4,8-11,16-17H2,(H2,28,31);3-5,8-11,16,18,25H,1-2,6-7,12-13H2,(H2,23,27);4-6,9-11,13,16,19,25H,2-3,7-8,12,14H2/t22-;20-;2*16-/m1111/s1. The van der Waals surface area contributed by atoms with Crippen LogP contribution in [0.15, 0.2) is 170 Å². The molecule has 0 spiro atoms. The van der Waals surface area contributed by atoms with E-state index in [1.54, 1.807) is 111 Å². The van der Waals surface area contributed by atoms with E-state index in [2.05, 4.69) is 29.1 Å². The second-order valence-electron chi connectivity index (χ2n) is 34.7. The Labute approximate surface area is 720 Å². The third kappa shape index (κ3) is 21.9. The number of hydrogen-bond donors (Lipinski definition) is 5. The molecule has 6 saturated carbocycles. The highest BCUT2D eigenvalue weighted by Crippen LogP contribution is 2.46. The van der Waals surface area contributed by atoms with Crippen molar-refractivity contribution >= 4 is 69.8 Å². The van der Waals surface area contributed by atoms with Gasteiger partial charge in [-0.15, -0.1) is 0 Å². The Balaban J connectivity index is 0.000000128. The molecule has 8 N–H and O–H groups in total. The molecule has 4 heterocycles. The zero-order chi connectivity index (χ0) is 85.5. The van der Waals surface area contributed by atoms with E-state index >= 15 is 0 Å². The number of amides is 7. The molecule has 0 unspecified atom stereocenters. The molecule has 0 bridgehead atoms. The molecule has 18 rings (SSSR count). The first-order valence-electron chi connectivity index (χ1n) is 44.6. The van der Waals surface area contributed by atoms with Crippen LogP contribution in [0.5, 0.6) is 46.0 Å². The minimum atomic E-state index is -0.516. The highest BCUT2D eigenvalue weighted by atomic mass is 16.5. The molecule has 6 aliphatic carbocycles. The summed E-state index contributed by atoms with van der Waals surface area (Å²) in [4.78, 5) is 95.9. The summed E-state index contributed by atoms with van der Waals surface area (Å²) in [5.41, 5.74) is 24.9. The SMILES string of the molecule is NC(=O)c1cccc(N2C[C@H](c3ccc(O)c(OC4CCCC4)c3)CC2=O)c1.NC(=O)c1cccc(N2C[C@H](c3ccc(OC4CCCC4)c(OC4CCCC4)c3)CC2=O)c1.NC(=O)c1cccc(N2C[C@H](c3ccc(OC4CCCCCC4)c(OC4CCCC4)c3)CC2=O)c1.[C-]#[N+]c1cccc(N2C[C@H](c3ccc(O)c(OC4CCCC4)c3)CC2=O)c1. The number of ether oxygens (including phenoxy) is 6. The van der Waals surface area contributed by atoms with Crippen molar-refractivity contribution in [1.82, 2.24) is 0 Å². The lowest BCUT2D eigenvalue weighted by molar-refractivity contribution is -0.118. The largest absolute Gasteiger partial charge is 0.504 e. The summed E-state index contributed by atoms with van der Waals surface area (Å²) in [5.74, 6) is 3.37. The van der Waals surface area contributed by atoms with Crippen molar-refractivity contribution in [3.05, 3.63) is 220 Å². The zero-order valence-corrected chi connectivity index (χ0v) is 70.2. The lowest BCUT2D eigenvalue weighted by Gasteiger charge is -2.23. The van der Waals surface area contributed by atoms with E-state index in [-0.39, 0.29) is 95.4 Å². The fourth-order valence-electron chi connectivity index (χ4n) is 19.1. The van der Waals surface area contributed by atoms with Gasteiger partial charge < -0.3 is 75.4 Å². The molecule has 644 valence electrons.